The van der Waals surface area contributed by atoms with E-state index in [-0.39, 0.29) is 0 Å². The molecule has 0 N–H and O–H groups in total. The molecule has 0 saturated carbocycles. The number of hydrogen-bond donors (Lipinski definition) is 0. The molecule has 4 rings (SSSR count). The second-order valence-corrected chi connectivity index (χ2v) is 6.34. The van der Waals surface area contributed by atoms with Crippen molar-refractivity contribution in [2.24, 2.45) is 0 Å². The zero-order chi connectivity index (χ0) is 16.2. The number of nitrogens with zero attached hydrogens (tertiary/aromatic N) is 4. The number of hydrogen-bond acceptors (Lipinski definition) is 3. The van der Waals surface area contributed by atoms with Gasteiger partial charge in [-0.15, -0.1) is 0 Å². The molecular formula is C20H22N4. The molecule has 3 heterocycles. The number of benzene rings is 1. The molecule has 0 aliphatic carbocycles. The van der Waals surface area contributed by atoms with E-state index >= 15 is 0 Å². The molecule has 4 nitrogen and oxygen atoms in total. The maximum absolute atomic E-state index is 4.60. The van der Waals surface area contributed by atoms with Crippen LogP contribution in [0.5, 0.6) is 0 Å². The van der Waals surface area contributed by atoms with E-state index < -0.39 is 0 Å². The van der Waals surface area contributed by atoms with E-state index in [0.29, 0.717) is 6.04 Å². The Balaban J connectivity index is 1.50. The molecule has 122 valence electrons. The van der Waals surface area contributed by atoms with Crippen molar-refractivity contribution in [3.05, 3.63) is 84.2 Å². The highest BCUT2D eigenvalue weighted by molar-refractivity contribution is 5.16. The molecule has 0 spiro atoms. The molecule has 24 heavy (non-hydrogen) atoms. The minimum Gasteiger partial charge on any atom is -0.329 e. The molecule has 4 heteroatoms. The average molecular weight is 318 g/mol. The Morgan fingerprint density at radius 1 is 0.917 bits per heavy atom. The van der Waals surface area contributed by atoms with Crippen LogP contribution >= 0.6 is 0 Å². The summed E-state index contributed by atoms with van der Waals surface area (Å²) in [6.45, 7) is 2.86. The summed E-state index contributed by atoms with van der Waals surface area (Å²) in [5, 5.41) is 0. The van der Waals surface area contributed by atoms with E-state index in [0.717, 1.165) is 25.5 Å². The number of pyridine rings is 1. The van der Waals surface area contributed by atoms with Crippen LogP contribution in [0.1, 0.15) is 36.0 Å². The van der Waals surface area contributed by atoms with Crippen LogP contribution in [0.25, 0.3) is 0 Å². The first-order valence-electron chi connectivity index (χ1n) is 8.59. The minimum atomic E-state index is 0.410. The first-order chi connectivity index (χ1) is 11.9. The van der Waals surface area contributed by atoms with Crippen LogP contribution in [0, 0.1) is 0 Å². The lowest BCUT2D eigenvalue weighted by Crippen LogP contribution is -2.25. The van der Waals surface area contributed by atoms with E-state index in [2.05, 4.69) is 68.1 Å². The fourth-order valence-corrected chi connectivity index (χ4v) is 3.52. The molecule has 0 unspecified atom stereocenters. The third-order valence-electron chi connectivity index (χ3n) is 4.73. The molecular weight excluding hydrogens is 296 g/mol. The summed E-state index contributed by atoms with van der Waals surface area (Å²) in [5.41, 5.74) is 2.48. The van der Waals surface area contributed by atoms with Crippen LogP contribution in [0.3, 0.4) is 0 Å². The first-order valence-corrected chi connectivity index (χ1v) is 8.59. The fraction of sp³-hybridized carbons (Fsp3) is 0.300. The van der Waals surface area contributed by atoms with Crippen LogP contribution in [0.15, 0.2) is 67.1 Å². The molecule has 1 fully saturated rings. The van der Waals surface area contributed by atoms with Crippen LogP contribution in [0.4, 0.5) is 0 Å². The number of imidazole rings is 1. The molecule has 0 radical (unpaired) electrons. The van der Waals surface area contributed by atoms with Gasteiger partial charge < -0.3 is 4.57 Å². The van der Waals surface area contributed by atoms with Gasteiger partial charge >= 0.3 is 0 Å². The topological polar surface area (TPSA) is 34.0 Å². The van der Waals surface area contributed by atoms with Gasteiger partial charge in [-0.3, -0.25) is 9.88 Å². The normalized spacial score (nSPS) is 18.1. The highest BCUT2D eigenvalue weighted by Gasteiger charge is 2.27. The predicted octanol–water partition coefficient (Wildman–Crippen LogP) is 3.66. The lowest BCUT2D eigenvalue weighted by atomic mass is 10.1. The number of rotatable bonds is 5. The van der Waals surface area contributed by atoms with Crippen LogP contribution in [0.2, 0.25) is 0 Å². The quantitative estimate of drug-likeness (QED) is 0.720. The summed E-state index contributed by atoms with van der Waals surface area (Å²) in [6, 6.07) is 17.2. The van der Waals surface area contributed by atoms with E-state index in [1.165, 1.54) is 24.1 Å². The van der Waals surface area contributed by atoms with Crippen LogP contribution in [-0.2, 0) is 13.1 Å². The molecule has 0 amide bonds. The second-order valence-electron chi connectivity index (χ2n) is 6.34. The molecule has 1 saturated heterocycles. The molecule has 1 aliphatic rings. The first kappa shape index (κ1) is 15.1. The standard InChI is InChI=1S/C20H22N4/c1-2-7-17(8-3-1)15-24-14-12-22-20(24)16-23-13-6-10-19(23)18-9-4-5-11-21-18/h1-5,7-9,11-12,14,19H,6,10,13,15-16H2/t19-/m0/s1. The van der Waals surface area contributed by atoms with Gasteiger partial charge in [0.15, 0.2) is 0 Å². The summed E-state index contributed by atoms with van der Waals surface area (Å²) in [6.07, 6.45) is 8.28. The van der Waals surface area contributed by atoms with Gasteiger partial charge in [0, 0.05) is 25.1 Å². The van der Waals surface area contributed by atoms with Gasteiger partial charge in [-0.2, -0.15) is 0 Å². The summed E-state index contributed by atoms with van der Waals surface area (Å²) < 4.78 is 2.25. The van der Waals surface area contributed by atoms with E-state index in [1.54, 1.807) is 0 Å². The van der Waals surface area contributed by atoms with Gasteiger partial charge in [0.25, 0.3) is 0 Å². The number of aromatic nitrogens is 3. The Labute approximate surface area is 142 Å². The third kappa shape index (κ3) is 3.24. The summed E-state index contributed by atoms with van der Waals surface area (Å²) in [5.74, 6) is 1.13. The van der Waals surface area contributed by atoms with Crippen molar-refractivity contribution in [1.29, 1.82) is 0 Å². The Kier molecular flexibility index (Phi) is 4.38. The van der Waals surface area contributed by atoms with Crippen molar-refractivity contribution in [2.75, 3.05) is 6.54 Å². The lowest BCUT2D eigenvalue weighted by Gasteiger charge is -2.24. The minimum absolute atomic E-state index is 0.410. The van der Waals surface area contributed by atoms with Crippen LogP contribution in [-0.4, -0.2) is 26.0 Å². The van der Waals surface area contributed by atoms with Crippen molar-refractivity contribution in [3.63, 3.8) is 0 Å². The molecule has 1 aromatic carbocycles. The molecule has 1 aliphatic heterocycles. The van der Waals surface area contributed by atoms with Crippen molar-refractivity contribution < 1.29 is 0 Å². The maximum atomic E-state index is 4.60. The van der Waals surface area contributed by atoms with E-state index in [1.807, 2.05) is 18.5 Å². The van der Waals surface area contributed by atoms with Crippen LogP contribution < -0.4 is 0 Å². The third-order valence-corrected chi connectivity index (χ3v) is 4.73. The smallest absolute Gasteiger partial charge is 0.123 e. The molecule has 1 atom stereocenters. The average Bonchev–Trinajstić information content (AvgIpc) is 3.27. The van der Waals surface area contributed by atoms with Crippen molar-refractivity contribution in [3.8, 4) is 0 Å². The SMILES string of the molecule is c1ccc(Cn2ccnc2CN2CCC[C@H]2c2ccccn2)cc1. The largest absolute Gasteiger partial charge is 0.329 e. The summed E-state index contributed by atoms with van der Waals surface area (Å²) >= 11 is 0. The Morgan fingerprint density at radius 3 is 2.62 bits per heavy atom. The predicted molar refractivity (Wildman–Crippen MR) is 94.4 cm³/mol. The van der Waals surface area contributed by atoms with E-state index in [9.17, 15) is 0 Å². The maximum Gasteiger partial charge on any atom is 0.123 e. The number of likely N-dealkylation sites (tertiary alicyclic amines) is 1. The van der Waals surface area contributed by atoms with Crippen molar-refractivity contribution >= 4 is 0 Å². The zero-order valence-corrected chi connectivity index (χ0v) is 13.8. The zero-order valence-electron chi connectivity index (χ0n) is 13.8. The van der Waals surface area contributed by atoms with Gasteiger partial charge in [0.2, 0.25) is 0 Å². The summed E-state index contributed by atoms with van der Waals surface area (Å²) in [4.78, 5) is 11.7. The fourth-order valence-electron chi connectivity index (χ4n) is 3.52. The van der Waals surface area contributed by atoms with Crippen molar-refractivity contribution in [1.82, 2.24) is 19.4 Å². The van der Waals surface area contributed by atoms with Gasteiger partial charge in [-0.1, -0.05) is 36.4 Å². The van der Waals surface area contributed by atoms with Gasteiger partial charge in [-0.25, -0.2) is 4.98 Å². The van der Waals surface area contributed by atoms with E-state index in [4.69, 9.17) is 0 Å². The van der Waals surface area contributed by atoms with Gasteiger partial charge in [0.1, 0.15) is 5.82 Å². The Hall–Kier alpha value is -2.46. The lowest BCUT2D eigenvalue weighted by molar-refractivity contribution is 0.235. The highest BCUT2D eigenvalue weighted by Crippen LogP contribution is 2.31. The second kappa shape index (κ2) is 6.97. The highest BCUT2D eigenvalue weighted by atomic mass is 15.2. The Bertz CT molecular complexity index is 767. The monoisotopic (exact) mass is 318 g/mol. The molecule has 2 aromatic heterocycles. The molecule has 0 bridgehead atoms. The van der Waals surface area contributed by atoms with Gasteiger partial charge in [0.05, 0.1) is 18.3 Å². The van der Waals surface area contributed by atoms with Crippen molar-refractivity contribution in [2.45, 2.75) is 32.0 Å². The van der Waals surface area contributed by atoms with Gasteiger partial charge in [-0.05, 0) is 37.1 Å². The summed E-state index contributed by atoms with van der Waals surface area (Å²) in [7, 11) is 0. The Morgan fingerprint density at radius 2 is 1.79 bits per heavy atom. The molecule has 3 aromatic rings.